The average Bonchev–Trinajstić information content (AvgIpc) is 2.87. The highest BCUT2D eigenvalue weighted by molar-refractivity contribution is 7.99. The molecule has 1 rings (SSSR count). The third-order valence-electron chi connectivity index (χ3n) is 4.46. The summed E-state index contributed by atoms with van der Waals surface area (Å²) in [6.07, 6.45) is 8.30. The molecule has 1 aliphatic rings. The Labute approximate surface area is 135 Å². The molecule has 0 radical (unpaired) electrons. The van der Waals surface area contributed by atoms with Crippen LogP contribution in [0.1, 0.15) is 65.7 Å². The number of hydrogen-bond donors (Lipinski definition) is 1. The Morgan fingerprint density at radius 1 is 1.29 bits per heavy atom. The van der Waals surface area contributed by atoms with Gasteiger partial charge >= 0.3 is 5.97 Å². The Kier molecular flexibility index (Phi) is 9.41. The van der Waals surface area contributed by atoms with E-state index in [9.17, 15) is 4.79 Å². The average molecular weight is 316 g/mol. The molecule has 1 N–H and O–H groups in total. The van der Waals surface area contributed by atoms with Crippen molar-refractivity contribution in [2.45, 2.75) is 71.3 Å². The van der Waals surface area contributed by atoms with Gasteiger partial charge < -0.3 is 10.1 Å². The highest BCUT2D eigenvalue weighted by Gasteiger charge is 2.49. The molecule has 0 bridgehead atoms. The summed E-state index contributed by atoms with van der Waals surface area (Å²) in [7, 11) is 0. The lowest BCUT2D eigenvalue weighted by molar-refractivity contribution is -0.153. The van der Waals surface area contributed by atoms with Gasteiger partial charge in [-0.3, -0.25) is 4.79 Å². The van der Waals surface area contributed by atoms with E-state index in [4.69, 9.17) is 4.74 Å². The number of thioether (sulfide) groups is 1. The van der Waals surface area contributed by atoms with E-state index in [2.05, 4.69) is 19.2 Å². The van der Waals surface area contributed by atoms with Crippen molar-refractivity contribution in [1.29, 1.82) is 0 Å². The minimum absolute atomic E-state index is 0.0228. The van der Waals surface area contributed by atoms with Crippen LogP contribution in [-0.2, 0) is 9.53 Å². The van der Waals surface area contributed by atoms with Crippen molar-refractivity contribution in [2.24, 2.45) is 5.92 Å². The molecule has 4 heteroatoms. The first-order chi connectivity index (χ1) is 10.2. The van der Waals surface area contributed by atoms with E-state index in [1.807, 2.05) is 18.7 Å². The molecular weight excluding hydrogens is 282 g/mol. The molecule has 3 nitrogen and oxygen atoms in total. The van der Waals surface area contributed by atoms with Gasteiger partial charge in [0.05, 0.1) is 6.61 Å². The summed E-state index contributed by atoms with van der Waals surface area (Å²) in [5, 5.41) is 3.47. The first-order valence-electron chi connectivity index (χ1n) is 8.71. The van der Waals surface area contributed by atoms with E-state index in [1.165, 1.54) is 30.8 Å². The van der Waals surface area contributed by atoms with Gasteiger partial charge in [-0.1, -0.05) is 33.1 Å². The Morgan fingerprint density at radius 3 is 2.76 bits per heavy atom. The molecule has 1 saturated carbocycles. The second kappa shape index (κ2) is 10.5. The molecule has 0 aromatic heterocycles. The summed E-state index contributed by atoms with van der Waals surface area (Å²) >= 11 is 2.04. The molecule has 0 saturated heterocycles. The molecule has 1 fully saturated rings. The van der Waals surface area contributed by atoms with Gasteiger partial charge in [0.2, 0.25) is 0 Å². The number of carbonyl (C=O) groups is 1. The molecule has 2 atom stereocenters. The number of carbonyl (C=O) groups excluding carboxylic acids is 1. The quantitative estimate of drug-likeness (QED) is 0.462. The van der Waals surface area contributed by atoms with E-state index >= 15 is 0 Å². The summed E-state index contributed by atoms with van der Waals surface area (Å²) in [5.74, 6) is 2.84. The largest absolute Gasteiger partial charge is 0.465 e. The fourth-order valence-electron chi connectivity index (χ4n) is 3.40. The van der Waals surface area contributed by atoms with E-state index in [0.29, 0.717) is 12.5 Å². The predicted molar refractivity (Wildman–Crippen MR) is 91.8 cm³/mol. The maximum atomic E-state index is 12.5. The lowest BCUT2D eigenvalue weighted by Gasteiger charge is -2.34. The Hall–Kier alpha value is -0.220. The zero-order chi connectivity index (χ0) is 15.6. The van der Waals surface area contributed by atoms with Gasteiger partial charge in [-0.05, 0) is 56.6 Å². The molecule has 0 aromatic carbocycles. The van der Waals surface area contributed by atoms with Gasteiger partial charge in [0.25, 0.3) is 0 Å². The fourth-order valence-corrected chi connectivity index (χ4v) is 4.46. The molecule has 21 heavy (non-hydrogen) atoms. The summed E-state index contributed by atoms with van der Waals surface area (Å²) < 4.78 is 5.36. The molecule has 0 aliphatic heterocycles. The molecule has 0 heterocycles. The molecule has 2 unspecified atom stereocenters. The van der Waals surface area contributed by atoms with Crippen LogP contribution in [0.2, 0.25) is 0 Å². The van der Waals surface area contributed by atoms with Gasteiger partial charge in [-0.15, -0.1) is 0 Å². The van der Waals surface area contributed by atoms with Crippen molar-refractivity contribution in [3.63, 3.8) is 0 Å². The number of esters is 1. The van der Waals surface area contributed by atoms with Crippen LogP contribution in [0.15, 0.2) is 0 Å². The number of unbranched alkanes of at least 4 members (excludes halogenated alkanes) is 2. The van der Waals surface area contributed by atoms with Crippen LogP contribution >= 0.6 is 11.8 Å². The zero-order valence-electron chi connectivity index (χ0n) is 14.1. The summed E-state index contributed by atoms with van der Waals surface area (Å²) in [6, 6.07) is 0. The number of likely N-dealkylation sites (N-methyl/N-ethyl adjacent to an activating group) is 1. The first-order valence-corrected chi connectivity index (χ1v) is 9.86. The fraction of sp³-hybridized carbons (Fsp3) is 0.941. The predicted octanol–water partition coefficient (Wildman–Crippen LogP) is 4.01. The first kappa shape index (κ1) is 18.8. The Morgan fingerprint density at radius 2 is 2.10 bits per heavy atom. The Balaban J connectivity index is 2.47. The van der Waals surface area contributed by atoms with Crippen molar-refractivity contribution in [1.82, 2.24) is 5.32 Å². The molecule has 0 amide bonds. The highest BCUT2D eigenvalue weighted by atomic mass is 32.2. The topological polar surface area (TPSA) is 38.3 Å². The SMILES string of the molecule is CCCCCSCCC1CCCC1(NCC)C(=O)OCC. The Bertz CT molecular complexity index is 299. The second-order valence-electron chi connectivity index (χ2n) is 5.92. The van der Waals surface area contributed by atoms with Crippen molar-refractivity contribution in [3.8, 4) is 0 Å². The number of rotatable bonds is 11. The molecule has 0 spiro atoms. The van der Waals surface area contributed by atoms with Gasteiger partial charge in [0.15, 0.2) is 0 Å². The van der Waals surface area contributed by atoms with Gasteiger partial charge in [-0.25, -0.2) is 0 Å². The standard InChI is InChI=1S/C17H33NO2S/c1-4-7-8-13-21-14-11-15-10-9-12-17(15,18-5-2)16(19)20-6-3/h15,18H,4-14H2,1-3H3. The minimum Gasteiger partial charge on any atom is -0.465 e. The third kappa shape index (κ3) is 5.48. The maximum absolute atomic E-state index is 12.5. The van der Waals surface area contributed by atoms with Crippen molar-refractivity contribution in [3.05, 3.63) is 0 Å². The van der Waals surface area contributed by atoms with Gasteiger partial charge in [0.1, 0.15) is 5.54 Å². The molecular formula is C17H33NO2S. The highest BCUT2D eigenvalue weighted by Crippen LogP contribution is 2.39. The monoisotopic (exact) mass is 315 g/mol. The van der Waals surface area contributed by atoms with E-state index in [1.54, 1.807) is 0 Å². The smallest absolute Gasteiger partial charge is 0.326 e. The third-order valence-corrected chi connectivity index (χ3v) is 5.56. The van der Waals surface area contributed by atoms with Crippen LogP contribution in [0.25, 0.3) is 0 Å². The molecule has 1 aliphatic carbocycles. The summed E-state index contributed by atoms with van der Waals surface area (Å²) in [4.78, 5) is 12.5. The second-order valence-corrected chi connectivity index (χ2v) is 7.14. The van der Waals surface area contributed by atoms with Crippen LogP contribution in [0.5, 0.6) is 0 Å². The van der Waals surface area contributed by atoms with Gasteiger partial charge in [-0.2, -0.15) is 11.8 Å². The van der Waals surface area contributed by atoms with E-state index in [-0.39, 0.29) is 5.97 Å². The number of ether oxygens (including phenoxy) is 1. The summed E-state index contributed by atoms with van der Waals surface area (Å²) in [6.45, 7) is 7.53. The van der Waals surface area contributed by atoms with Crippen LogP contribution in [0, 0.1) is 5.92 Å². The van der Waals surface area contributed by atoms with E-state index in [0.717, 1.165) is 32.2 Å². The lowest BCUT2D eigenvalue weighted by atomic mass is 9.85. The lowest BCUT2D eigenvalue weighted by Crippen LogP contribution is -2.55. The van der Waals surface area contributed by atoms with Crippen molar-refractivity contribution < 1.29 is 9.53 Å². The minimum atomic E-state index is -0.408. The normalized spacial score (nSPS) is 25.2. The van der Waals surface area contributed by atoms with Gasteiger partial charge in [0, 0.05) is 0 Å². The van der Waals surface area contributed by atoms with Crippen LogP contribution in [0.4, 0.5) is 0 Å². The molecule has 124 valence electrons. The number of hydrogen-bond acceptors (Lipinski definition) is 4. The van der Waals surface area contributed by atoms with Crippen molar-refractivity contribution in [2.75, 3.05) is 24.7 Å². The number of nitrogens with one attached hydrogen (secondary N) is 1. The van der Waals surface area contributed by atoms with Crippen LogP contribution in [0.3, 0.4) is 0 Å². The van der Waals surface area contributed by atoms with Crippen LogP contribution in [-0.4, -0.2) is 36.2 Å². The zero-order valence-corrected chi connectivity index (χ0v) is 14.9. The molecule has 0 aromatic rings. The maximum Gasteiger partial charge on any atom is 0.326 e. The van der Waals surface area contributed by atoms with Crippen LogP contribution < -0.4 is 5.32 Å². The van der Waals surface area contributed by atoms with E-state index < -0.39 is 5.54 Å². The van der Waals surface area contributed by atoms with Crippen molar-refractivity contribution >= 4 is 17.7 Å². The summed E-state index contributed by atoms with van der Waals surface area (Å²) in [5.41, 5.74) is -0.408.